The Morgan fingerprint density at radius 2 is 1.89 bits per heavy atom. The van der Waals surface area contributed by atoms with Crippen molar-refractivity contribution in [2.45, 2.75) is 31.3 Å². The summed E-state index contributed by atoms with van der Waals surface area (Å²) >= 11 is 6.15. The molecular weight excluding hydrogens is 366 g/mol. The van der Waals surface area contributed by atoms with E-state index in [1.165, 1.54) is 0 Å². The molecule has 4 rings (SSSR count). The second-order valence-corrected chi connectivity index (χ2v) is 7.48. The molecule has 0 aromatic heterocycles. The van der Waals surface area contributed by atoms with Gasteiger partial charge in [0.1, 0.15) is 0 Å². The van der Waals surface area contributed by atoms with Crippen molar-refractivity contribution in [2.24, 2.45) is 5.73 Å². The average Bonchev–Trinajstić information content (AvgIpc) is 3.17. The number of allylic oxidation sites excluding steroid dienone is 3. The molecule has 1 aromatic carbocycles. The number of nitrogens with zero attached hydrogens (tertiary/aromatic N) is 2. The molecule has 2 N–H and O–H groups in total. The summed E-state index contributed by atoms with van der Waals surface area (Å²) in [5.41, 5.74) is 6.70. The summed E-state index contributed by atoms with van der Waals surface area (Å²) < 4.78 is 0. The molecule has 0 saturated carbocycles. The second kappa shape index (κ2) is 6.53. The van der Waals surface area contributed by atoms with Crippen LogP contribution in [0.5, 0.6) is 0 Å². The Kier molecular flexibility index (Phi) is 4.30. The molecular formula is C20H20ClN3O3. The van der Waals surface area contributed by atoms with Gasteiger partial charge < -0.3 is 15.5 Å². The molecule has 140 valence electrons. The van der Waals surface area contributed by atoms with Crippen LogP contribution in [-0.4, -0.2) is 40.6 Å². The first-order valence-electron chi connectivity index (χ1n) is 9.02. The Bertz CT molecular complexity index is 907. The lowest BCUT2D eigenvalue weighted by Crippen LogP contribution is -2.52. The van der Waals surface area contributed by atoms with Crippen molar-refractivity contribution in [3.05, 3.63) is 58.1 Å². The smallest absolute Gasteiger partial charge is 0.256 e. The Balaban J connectivity index is 1.86. The van der Waals surface area contributed by atoms with Gasteiger partial charge in [0.25, 0.3) is 5.91 Å². The lowest BCUT2D eigenvalue weighted by atomic mass is 9.85. The van der Waals surface area contributed by atoms with E-state index in [0.717, 1.165) is 16.2 Å². The SMILES string of the molecule is NC(=O)CCC(=O)N1CCN2C(=O)c3ccccc3C12C1=CC=C(Cl)CC1. The van der Waals surface area contributed by atoms with Crippen LogP contribution in [-0.2, 0) is 15.3 Å². The number of primary amides is 1. The van der Waals surface area contributed by atoms with E-state index >= 15 is 0 Å². The first kappa shape index (κ1) is 17.8. The zero-order valence-electron chi connectivity index (χ0n) is 14.8. The predicted octanol–water partition coefficient (Wildman–Crippen LogP) is 2.25. The standard InChI is InChI=1S/C20H20ClN3O3/c21-14-7-5-13(6-8-14)20-16-4-2-1-3-15(16)19(27)24(20)12-11-23(20)18(26)10-9-17(22)25/h1-5,7H,6,8-12H2,(H2,22,25). The molecule has 0 bridgehead atoms. The second-order valence-electron chi connectivity index (χ2n) is 6.99. The van der Waals surface area contributed by atoms with Crippen molar-refractivity contribution in [3.63, 3.8) is 0 Å². The van der Waals surface area contributed by atoms with Gasteiger partial charge in [0.05, 0.1) is 0 Å². The molecule has 1 unspecified atom stereocenters. The molecule has 3 amide bonds. The Morgan fingerprint density at radius 3 is 2.59 bits per heavy atom. The fourth-order valence-electron chi connectivity index (χ4n) is 4.42. The molecule has 7 heteroatoms. The van der Waals surface area contributed by atoms with Gasteiger partial charge in [0.2, 0.25) is 11.8 Å². The number of amides is 3. The summed E-state index contributed by atoms with van der Waals surface area (Å²) in [6, 6.07) is 7.43. The summed E-state index contributed by atoms with van der Waals surface area (Å²) in [7, 11) is 0. The largest absolute Gasteiger partial charge is 0.370 e. The summed E-state index contributed by atoms with van der Waals surface area (Å²) in [5.74, 6) is -0.761. The van der Waals surface area contributed by atoms with Gasteiger partial charge in [-0.15, -0.1) is 0 Å². The summed E-state index contributed by atoms with van der Waals surface area (Å²) in [5, 5.41) is 0.754. The first-order valence-corrected chi connectivity index (χ1v) is 9.40. The van der Waals surface area contributed by atoms with Crippen molar-refractivity contribution in [3.8, 4) is 0 Å². The molecule has 1 atom stereocenters. The van der Waals surface area contributed by atoms with E-state index in [1.807, 2.05) is 30.4 Å². The van der Waals surface area contributed by atoms with Crippen LogP contribution < -0.4 is 5.73 Å². The third-order valence-corrected chi connectivity index (χ3v) is 5.85. The fourth-order valence-corrected chi connectivity index (χ4v) is 4.58. The molecule has 3 aliphatic rings. The first-order chi connectivity index (χ1) is 13.0. The van der Waals surface area contributed by atoms with Crippen LogP contribution in [0.15, 0.2) is 47.0 Å². The lowest BCUT2D eigenvalue weighted by molar-refractivity contribution is -0.138. The van der Waals surface area contributed by atoms with Crippen LogP contribution >= 0.6 is 11.6 Å². The number of carbonyl (C=O) groups is 3. The van der Waals surface area contributed by atoms with Crippen LogP contribution in [0, 0.1) is 0 Å². The molecule has 2 aliphatic heterocycles. The third kappa shape index (κ3) is 2.58. The molecule has 27 heavy (non-hydrogen) atoms. The van der Waals surface area contributed by atoms with E-state index in [4.69, 9.17) is 17.3 Å². The molecule has 2 heterocycles. The highest BCUT2D eigenvalue weighted by Crippen LogP contribution is 2.52. The zero-order valence-corrected chi connectivity index (χ0v) is 15.5. The van der Waals surface area contributed by atoms with Gasteiger partial charge in [-0.05, 0) is 30.6 Å². The van der Waals surface area contributed by atoms with Crippen molar-refractivity contribution in [1.29, 1.82) is 0 Å². The maximum Gasteiger partial charge on any atom is 0.256 e. The van der Waals surface area contributed by atoms with Gasteiger partial charge in [-0.25, -0.2) is 0 Å². The van der Waals surface area contributed by atoms with Crippen molar-refractivity contribution in [2.75, 3.05) is 13.1 Å². The number of hydrogen-bond donors (Lipinski definition) is 1. The van der Waals surface area contributed by atoms with E-state index in [-0.39, 0.29) is 24.7 Å². The minimum atomic E-state index is -0.934. The van der Waals surface area contributed by atoms with E-state index in [9.17, 15) is 14.4 Å². The van der Waals surface area contributed by atoms with Crippen LogP contribution in [0.25, 0.3) is 0 Å². The van der Waals surface area contributed by atoms with E-state index in [1.54, 1.807) is 15.9 Å². The number of hydrogen-bond acceptors (Lipinski definition) is 3. The summed E-state index contributed by atoms with van der Waals surface area (Å²) in [6.45, 7) is 0.872. The van der Waals surface area contributed by atoms with Gasteiger partial charge >= 0.3 is 0 Å². The number of halogens is 1. The molecule has 0 spiro atoms. The summed E-state index contributed by atoms with van der Waals surface area (Å²) in [6.07, 6.45) is 5.11. The quantitative estimate of drug-likeness (QED) is 0.862. The number of carbonyl (C=O) groups excluding carboxylic acids is 3. The van der Waals surface area contributed by atoms with E-state index < -0.39 is 11.6 Å². The highest BCUT2D eigenvalue weighted by Gasteiger charge is 2.60. The van der Waals surface area contributed by atoms with Crippen LogP contribution in [0.1, 0.15) is 41.6 Å². The molecule has 0 radical (unpaired) electrons. The maximum atomic E-state index is 13.1. The molecule has 1 saturated heterocycles. The topological polar surface area (TPSA) is 83.7 Å². The van der Waals surface area contributed by atoms with Gasteiger partial charge in [-0.2, -0.15) is 0 Å². The normalized spacial score (nSPS) is 23.7. The summed E-state index contributed by atoms with van der Waals surface area (Å²) in [4.78, 5) is 40.8. The van der Waals surface area contributed by atoms with E-state index in [2.05, 4.69) is 0 Å². The maximum absolute atomic E-state index is 13.1. The fraction of sp³-hybridized carbons (Fsp3) is 0.350. The molecule has 6 nitrogen and oxygen atoms in total. The minimum absolute atomic E-state index is 0.00815. The molecule has 1 aromatic rings. The van der Waals surface area contributed by atoms with Gasteiger partial charge in [-0.1, -0.05) is 35.9 Å². The van der Waals surface area contributed by atoms with Crippen LogP contribution in [0.4, 0.5) is 0 Å². The number of rotatable bonds is 4. The van der Waals surface area contributed by atoms with Crippen molar-refractivity contribution >= 4 is 29.3 Å². The van der Waals surface area contributed by atoms with Gasteiger partial charge in [0, 0.05) is 42.1 Å². The average molecular weight is 386 g/mol. The molecule has 1 fully saturated rings. The van der Waals surface area contributed by atoms with Gasteiger partial charge in [-0.3, -0.25) is 14.4 Å². The van der Waals surface area contributed by atoms with Crippen LogP contribution in [0.3, 0.4) is 0 Å². The monoisotopic (exact) mass is 385 g/mol. The van der Waals surface area contributed by atoms with E-state index in [0.29, 0.717) is 31.5 Å². The van der Waals surface area contributed by atoms with Crippen molar-refractivity contribution < 1.29 is 14.4 Å². The third-order valence-electron chi connectivity index (χ3n) is 5.54. The number of nitrogens with two attached hydrogens (primary N) is 1. The highest BCUT2D eigenvalue weighted by atomic mass is 35.5. The molecule has 1 aliphatic carbocycles. The van der Waals surface area contributed by atoms with Gasteiger partial charge in [0.15, 0.2) is 5.66 Å². The number of fused-ring (bicyclic) bond motifs is 3. The lowest BCUT2D eigenvalue weighted by Gasteiger charge is -2.42. The zero-order chi connectivity index (χ0) is 19.2. The number of benzene rings is 1. The Morgan fingerprint density at radius 1 is 1.11 bits per heavy atom. The Hall–Kier alpha value is -2.60. The Labute approximate surface area is 162 Å². The highest BCUT2D eigenvalue weighted by molar-refractivity contribution is 6.29. The predicted molar refractivity (Wildman–Crippen MR) is 101 cm³/mol. The minimum Gasteiger partial charge on any atom is -0.370 e. The van der Waals surface area contributed by atoms with Crippen molar-refractivity contribution in [1.82, 2.24) is 9.80 Å². The van der Waals surface area contributed by atoms with Crippen LogP contribution in [0.2, 0.25) is 0 Å².